The van der Waals surface area contributed by atoms with Crippen molar-refractivity contribution >= 4 is 43.0 Å². The largest absolute Gasteiger partial charge is 0.382 e. The minimum absolute atomic E-state index is 0. The van der Waals surface area contributed by atoms with Crippen molar-refractivity contribution in [2.24, 2.45) is 0 Å². The summed E-state index contributed by atoms with van der Waals surface area (Å²) in [4.78, 5) is 0. The van der Waals surface area contributed by atoms with E-state index >= 15 is 0 Å². The molecule has 0 aromatic heterocycles. The number of hydrogen-bond donors (Lipinski definition) is 0. The second kappa shape index (κ2) is 90.2. The average molecular weight is 1340 g/mol. The molecule has 30 nitrogen and oxygen atoms in total. The maximum absolute atomic E-state index is 5.36. The van der Waals surface area contributed by atoms with E-state index in [1.807, 2.05) is 0 Å². The standard InChI is InChI=1S/5C9H21O6P.Fe/c5*1-10-4-7-13-16(14-8-5-11-2)15-9-6-12-3;/h5*4-9H2,1-3H3;. The molecule has 0 saturated heterocycles. The van der Waals surface area contributed by atoms with E-state index < -0.39 is 43.0 Å². The molecule has 81 heavy (non-hydrogen) atoms. The summed E-state index contributed by atoms with van der Waals surface area (Å²) < 4.78 is 153. The van der Waals surface area contributed by atoms with Crippen molar-refractivity contribution < 1.29 is 156 Å². The molecule has 0 aliphatic carbocycles. The summed E-state index contributed by atoms with van der Waals surface area (Å²) in [6.07, 6.45) is 0. The molecule has 0 aromatic rings. The van der Waals surface area contributed by atoms with Gasteiger partial charge in [0, 0.05) is 124 Å². The molecular weight excluding hydrogens is 1230 g/mol. The van der Waals surface area contributed by atoms with Crippen molar-refractivity contribution in [3.63, 3.8) is 0 Å². The zero-order valence-corrected chi connectivity index (χ0v) is 56.6. The van der Waals surface area contributed by atoms with Gasteiger partial charge in [-0.15, -0.1) is 0 Å². The molecule has 0 saturated carbocycles. The van der Waals surface area contributed by atoms with E-state index in [9.17, 15) is 0 Å². The molecule has 0 unspecified atom stereocenters. The Balaban J connectivity index is -0.000000216. The van der Waals surface area contributed by atoms with Crippen LogP contribution < -0.4 is 0 Å². The Morgan fingerprint density at radius 2 is 0.185 bits per heavy atom. The van der Waals surface area contributed by atoms with Crippen molar-refractivity contribution in [3.05, 3.63) is 0 Å². The summed E-state index contributed by atoms with van der Waals surface area (Å²) in [7, 11) is 17.5. The Morgan fingerprint density at radius 1 is 0.123 bits per heavy atom. The van der Waals surface area contributed by atoms with Gasteiger partial charge >= 0.3 is 43.0 Å². The Kier molecular flexibility index (Phi) is 104. The van der Waals surface area contributed by atoms with Crippen molar-refractivity contribution in [2.45, 2.75) is 0 Å². The molecule has 0 bridgehead atoms. The number of ether oxygens (including phenoxy) is 15. The van der Waals surface area contributed by atoms with E-state index in [1.165, 1.54) is 0 Å². The van der Waals surface area contributed by atoms with E-state index in [0.29, 0.717) is 198 Å². The molecule has 0 fully saturated rings. The summed E-state index contributed by atoms with van der Waals surface area (Å²) >= 11 is 0. The quantitative estimate of drug-likeness (QED) is 0.0383. The monoisotopic (exact) mass is 1340 g/mol. The van der Waals surface area contributed by atoms with Gasteiger partial charge in [0.25, 0.3) is 0 Å². The first-order valence-electron chi connectivity index (χ1n) is 25.0. The zero-order valence-electron chi connectivity index (χ0n) is 51.1. The third-order valence-electron chi connectivity index (χ3n) is 7.26. The fourth-order valence-corrected chi connectivity index (χ4v) is 7.96. The van der Waals surface area contributed by atoms with E-state index in [0.717, 1.165) is 0 Å². The first-order chi connectivity index (χ1) is 39.2. The van der Waals surface area contributed by atoms with Crippen LogP contribution in [0.3, 0.4) is 0 Å². The molecule has 0 rings (SSSR count). The van der Waals surface area contributed by atoms with Gasteiger partial charge in [-0.3, -0.25) is 0 Å². The van der Waals surface area contributed by atoms with E-state index in [2.05, 4.69) is 0 Å². The molecule has 0 N–H and O–H groups in total. The van der Waals surface area contributed by atoms with Crippen LogP contribution in [0.1, 0.15) is 0 Å². The van der Waals surface area contributed by atoms with Gasteiger partial charge in [0.15, 0.2) is 0 Å². The first kappa shape index (κ1) is 93.6. The molecule has 0 aromatic carbocycles. The van der Waals surface area contributed by atoms with Gasteiger partial charge in [0.2, 0.25) is 0 Å². The van der Waals surface area contributed by atoms with Crippen LogP contribution in [-0.2, 0) is 156 Å². The Labute approximate surface area is 502 Å². The third-order valence-corrected chi connectivity index (χ3v) is 13.2. The predicted molar refractivity (Wildman–Crippen MR) is 302 cm³/mol. The second-order valence-corrected chi connectivity index (χ2v) is 19.6. The normalized spacial score (nSPS) is 11.1. The molecular formula is C45H105FeO30P5. The molecule has 0 radical (unpaired) electrons. The van der Waals surface area contributed by atoms with Crippen LogP contribution in [0.15, 0.2) is 0 Å². The fourth-order valence-electron chi connectivity index (χ4n) is 3.49. The smallest absolute Gasteiger partial charge is 0.332 e. The fraction of sp³-hybridized carbons (Fsp3) is 1.00. The number of methoxy groups -OCH3 is 15. The SMILES string of the molecule is COCCOP(OCCOC)OCCOC.COCCOP(OCCOC)OCCOC.COCCOP(OCCOC)OCCOC.COCCOP(OCCOC)OCCOC.COCCOP(OCCOC)OCCOC.[Fe]. The van der Waals surface area contributed by atoms with Crippen LogP contribution in [-0.4, -0.2) is 305 Å². The molecule has 0 spiro atoms. The first-order valence-corrected chi connectivity index (χ1v) is 30.5. The van der Waals surface area contributed by atoms with Gasteiger partial charge < -0.3 is 139 Å². The van der Waals surface area contributed by atoms with E-state index in [4.69, 9.17) is 139 Å². The van der Waals surface area contributed by atoms with E-state index in [-0.39, 0.29) is 17.1 Å². The molecule has 0 heterocycles. The van der Waals surface area contributed by atoms with Gasteiger partial charge in [-0.05, 0) is 0 Å². The van der Waals surface area contributed by atoms with E-state index in [1.54, 1.807) is 107 Å². The summed E-state index contributed by atoms with van der Waals surface area (Å²) in [6, 6.07) is 0. The van der Waals surface area contributed by atoms with Gasteiger partial charge in [-0.2, -0.15) is 0 Å². The Bertz CT molecular complexity index is 749. The van der Waals surface area contributed by atoms with Gasteiger partial charge in [0.1, 0.15) is 0 Å². The van der Waals surface area contributed by atoms with Crippen LogP contribution in [0.2, 0.25) is 0 Å². The molecule has 36 heteroatoms. The average Bonchev–Trinajstić information content (AvgIpc) is 3.46. The van der Waals surface area contributed by atoms with Gasteiger partial charge in [-0.25, -0.2) is 0 Å². The van der Waals surface area contributed by atoms with Crippen molar-refractivity contribution in [1.29, 1.82) is 0 Å². The third kappa shape index (κ3) is 88.0. The summed E-state index contributed by atoms with van der Waals surface area (Å²) in [5.74, 6) is 0. The minimum Gasteiger partial charge on any atom is -0.382 e. The summed E-state index contributed by atoms with van der Waals surface area (Å²) in [5, 5.41) is 0. The maximum atomic E-state index is 5.36. The summed E-state index contributed by atoms with van der Waals surface area (Å²) in [5.41, 5.74) is 0. The second-order valence-electron chi connectivity index (χ2n) is 13.5. The Morgan fingerprint density at radius 3 is 0.235 bits per heavy atom. The van der Waals surface area contributed by atoms with Crippen LogP contribution >= 0.6 is 43.0 Å². The van der Waals surface area contributed by atoms with Crippen molar-refractivity contribution in [3.8, 4) is 0 Å². The van der Waals surface area contributed by atoms with Gasteiger partial charge in [0.05, 0.1) is 198 Å². The van der Waals surface area contributed by atoms with Crippen LogP contribution in [0.5, 0.6) is 0 Å². The van der Waals surface area contributed by atoms with Crippen LogP contribution in [0, 0.1) is 0 Å². The minimum atomic E-state index is -1.34. The molecule has 498 valence electrons. The summed E-state index contributed by atoms with van der Waals surface area (Å²) in [6.45, 7) is 14.4. The number of hydrogen-bond acceptors (Lipinski definition) is 30. The number of rotatable bonds is 60. The zero-order chi connectivity index (χ0) is 60.3. The molecule has 0 amide bonds. The molecule has 0 aliphatic heterocycles. The van der Waals surface area contributed by atoms with Crippen LogP contribution in [0.4, 0.5) is 0 Å². The predicted octanol–water partition coefficient (Wildman–Crippen LogP) is 6.01. The maximum Gasteiger partial charge on any atom is 0.332 e. The molecule has 0 atom stereocenters. The van der Waals surface area contributed by atoms with Crippen molar-refractivity contribution in [2.75, 3.05) is 305 Å². The topological polar surface area (TPSA) is 277 Å². The van der Waals surface area contributed by atoms with Crippen LogP contribution in [0.25, 0.3) is 0 Å². The molecule has 0 aliphatic rings. The van der Waals surface area contributed by atoms with Gasteiger partial charge in [-0.1, -0.05) is 0 Å². The van der Waals surface area contributed by atoms with Crippen molar-refractivity contribution in [1.82, 2.24) is 0 Å². The Hall–Kier alpha value is 1.47.